The molecule has 0 unspecified atom stereocenters. The molecule has 1 amide bonds. The quantitative estimate of drug-likeness (QED) is 0.715. The first-order chi connectivity index (χ1) is 13.9. The van der Waals surface area contributed by atoms with E-state index in [9.17, 15) is 14.4 Å². The number of nitrogens with zero attached hydrogens (tertiary/aromatic N) is 1. The molecule has 0 bridgehead atoms. The van der Waals surface area contributed by atoms with Gasteiger partial charge in [-0.15, -0.1) is 11.3 Å². The summed E-state index contributed by atoms with van der Waals surface area (Å²) < 4.78 is 15.2. The lowest BCUT2D eigenvalue weighted by Crippen LogP contribution is -2.28. The highest BCUT2D eigenvalue weighted by atomic mass is 32.1. The van der Waals surface area contributed by atoms with Crippen LogP contribution in [0.2, 0.25) is 0 Å². The predicted molar refractivity (Wildman–Crippen MR) is 108 cm³/mol. The van der Waals surface area contributed by atoms with Crippen LogP contribution in [0.5, 0.6) is 0 Å². The molecule has 9 heteroatoms. The van der Waals surface area contributed by atoms with Crippen molar-refractivity contribution in [3.63, 3.8) is 0 Å². The zero-order chi connectivity index (χ0) is 21.0. The number of hydrogen-bond acceptors (Lipinski definition) is 8. The number of hydrogen-bond donors (Lipinski definition) is 1. The van der Waals surface area contributed by atoms with Gasteiger partial charge in [0.1, 0.15) is 15.6 Å². The van der Waals surface area contributed by atoms with Gasteiger partial charge in [-0.3, -0.25) is 9.69 Å². The van der Waals surface area contributed by atoms with E-state index in [0.29, 0.717) is 17.9 Å². The summed E-state index contributed by atoms with van der Waals surface area (Å²) >= 11 is 0.964. The molecule has 1 aliphatic heterocycles. The van der Waals surface area contributed by atoms with Crippen molar-refractivity contribution in [2.75, 3.05) is 32.6 Å². The third-order valence-corrected chi connectivity index (χ3v) is 6.04. The molecule has 0 saturated carbocycles. The average molecular weight is 420 g/mol. The molecule has 29 heavy (non-hydrogen) atoms. The fraction of sp³-hybridized carbons (Fsp3) is 0.450. The van der Waals surface area contributed by atoms with Crippen LogP contribution in [0.3, 0.4) is 0 Å². The highest BCUT2D eigenvalue weighted by Gasteiger charge is 2.27. The summed E-state index contributed by atoms with van der Waals surface area (Å²) in [6.07, 6.45) is 3.59. The second kappa shape index (κ2) is 9.23. The van der Waals surface area contributed by atoms with E-state index < -0.39 is 17.8 Å². The van der Waals surface area contributed by atoms with Crippen LogP contribution in [0.4, 0.5) is 5.00 Å². The van der Waals surface area contributed by atoms with Crippen molar-refractivity contribution < 1.29 is 28.3 Å². The van der Waals surface area contributed by atoms with Gasteiger partial charge in [0.25, 0.3) is 5.91 Å². The van der Waals surface area contributed by atoms with Crippen LogP contribution in [-0.4, -0.2) is 50.1 Å². The third-order valence-electron chi connectivity index (χ3n) is 4.85. The SMILES string of the molecule is COC(=O)c1sc(NC(=O)c2ccc(CN3CCCCC3)o2)c(C(=O)OC)c1C. The van der Waals surface area contributed by atoms with Gasteiger partial charge in [-0.1, -0.05) is 6.42 Å². The predicted octanol–water partition coefficient (Wildman–Crippen LogP) is 3.46. The van der Waals surface area contributed by atoms with Crippen molar-refractivity contribution >= 4 is 34.2 Å². The number of methoxy groups -OCH3 is 2. The fourth-order valence-corrected chi connectivity index (χ4v) is 4.43. The van der Waals surface area contributed by atoms with E-state index in [-0.39, 0.29) is 21.2 Å². The summed E-state index contributed by atoms with van der Waals surface area (Å²) in [6.45, 7) is 4.31. The van der Waals surface area contributed by atoms with Crippen molar-refractivity contribution in [3.05, 3.63) is 39.7 Å². The van der Waals surface area contributed by atoms with Crippen molar-refractivity contribution in [1.29, 1.82) is 0 Å². The molecule has 3 rings (SSSR count). The van der Waals surface area contributed by atoms with Crippen molar-refractivity contribution in [2.45, 2.75) is 32.7 Å². The number of rotatable bonds is 6. The molecule has 156 valence electrons. The van der Waals surface area contributed by atoms with E-state index in [1.165, 1.54) is 33.5 Å². The summed E-state index contributed by atoms with van der Waals surface area (Å²) in [4.78, 5) is 39.3. The van der Waals surface area contributed by atoms with Gasteiger partial charge in [0.05, 0.1) is 26.3 Å². The van der Waals surface area contributed by atoms with E-state index in [1.807, 2.05) is 0 Å². The molecule has 0 aliphatic carbocycles. The molecular formula is C20H24N2O6S. The number of likely N-dealkylation sites (tertiary alicyclic amines) is 1. The van der Waals surface area contributed by atoms with Crippen LogP contribution in [0, 0.1) is 6.92 Å². The number of carbonyl (C=O) groups excluding carboxylic acids is 3. The second-order valence-corrected chi connectivity index (χ2v) is 7.82. The normalized spacial score (nSPS) is 14.4. The molecule has 1 N–H and O–H groups in total. The topological polar surface area (TPSA) is 98.1 Å². The Morgan fingerprint density at radius 3 is 2.45 bits per heavy atom. The molecule has 0 radical (unpaired) electrons. The van der Waals surface area contributed by atoms with Gasteiger partial charge in [0.2, 0.25) is 0 Å². The van der Waals surface area contributed by atoms with E-state index in [4.69, 9.17) is 13.9 Å². The Labute approximate surface area is 172 Å². The van der Waals surface area contributed by atoms with E-state index >= 15 is 0 Å². The van der Waals surface area contributed by atoms with Crippen LogP contribution >= 0.6 is 11.3 Å². The molecule has 1 saturated heterocycles. The van der Waals surface area contributed by atoms with Crippen molar-refractivity contribution in [3.8, 4) is 0 Å². The molecule has 2 aromatic rings. The molecule has 2 aromatic heterocycles. The molecule has 0 atom stereocenters. The monoisotopic (exact) mass is 420 g/mol. The Kier molecular flexibility index (Phi) is 6.71. The molecule has 3 heterocycles. The van der Waals surface area contributed by atoms with Gasteiger partial charge in [-0.05, 0) is 50.6 Å². The van der Waals surface area contributed by atoms with Crippen LogP contribution in [0.1, 0.15) is 61.2 Å². The standard InChI is InChI=1S/C20H24N2O6S/c1-12-15(19(24)26-2)18(29-16(12)20(25)27-3)21-17(23)14-8-7-13(28-14)11-22-9-5-4-6-10-22/h7-8H,4-6,9-11H2,1-3H3,(H,21,23). The highest BCUT2D eigenvalue weighted by molar-refractivity contribution is 7.18. The number of esters is 2. The van der Waals surface area contributed by atoms with Gasteiger partial charge in [-0.2, -0.15) is 0 Å². The van der Waals surface area contributed by atoms with Gasteiger partial charge in [0, 0.05) is 0 Å². The van der Waals surface area contributed by atoms with Crippen molar-refractivity contribution in [1.82, 2.24) is 4.90 Å². The lowest BCUT2D eigenvalue weighted by molar-refractivity contribution is 0.0601. The van der Waals surface area contributed by atoms with Crippen LogP contribution in [0.25, 0.3) is 0 Å². The first-order valence-electron chi connectivity index (χ1n) is 9.37. The zero-order valence-electron chi connectivity index (χ0n) is 16.7. The molecule has 0 aromatic carbocycles. The number of ether oxygens (including phenoxy) is 2. The number of carbonyl (C=O) groups is 3. The van der Waals surface area contributed by atoms with Crippen LogP contribution < -0.4 is 5.32 Å². The number of thiophene rings is 1. The Morgan fingerprint density at radius 2 is 1.79 bits per heavy atom. The maximum absolute atomic E-state index is 12.7. The Balaban J connectivity index is 1.78. The number of piperidine rings is 1. The summed E-state index contributed by atoms with van der Waals surface area (Å²) in [6, 6.07) is 3.39. The van der Waals surface area contributed by atoms with E-state index in [0.717, 1.165) is 24.4 Å². The molecule has 8 nitrogen and oxygen atoms in total. The van der Waals surface area contributed by atoms with Gasteiger partial charge in [0.15, 0.2) is 5.76 Å². The maximum Gasteiger partial charge on any atom is 0.348 e. The first-order valence-corrected chi connectivity index (χ1v) is 10.2. The molecular weight excluding hydrogens is 396 g/mol. The Hall–Kier alpha value is -2.65. The summed E-state index contributed by atoms with van der Waals surface area (Å²) in [5.41, 5.74) is 0.528. The van der Waals surface area contributed by atoms with E-state index in [1.54, 1.807) is 19.1 Å². The minimum atomic E-state index is -0.644. The number of amides is 1. The zero-order valence-corrected chi connectivity index (χ0v) is 17.5. The number of furan rings is 1. The Bertz CT molecular complexity index is 910. The largest absolute Gasteiger partial charge is 0.465 e. The molecule has 1 fully saturated rings. The first kappa shape index (κ1) is 21.1. The summed E-state index contributed by atoms with van der Waals surface area (Å²) in [5.74, 6) is -0.881. The van der Waals surface area contributed by atoms with Gasteiger partial charge in [-0.25, -0.2) is 9.59 Å². The summed E-state index contributed by atoms with van der Waals surface area (Å²) in [5, 5.41) is 2.88. The van der Waals surface area contributed by atoms with Gasteiger partial charge < -0.3 is 19.2 Å². The minimum Gasteiger partial charge on any atom is -0.465 e. The fourth-order valence-electron chi connectivity index (χ4n) is 3.32. The van der Waals surface area contributed by atoms with Crippen LogP contribution in [0.15, 0.2) is 16.5 Å². The minimum absolute atomic E-state index is 0.131. The number of anilines is 1. The highest BCUT2D eigenvalue weighted by Crippen LogP contribution is 2.34. The van der Waals surface area contributed by atoms with E-state index in [2.05, 4.69) is 10.2 Å². The third kappa shape index (κ3) is 4.68. The van der Waals surface area contributed by atoms with Crippen LogP contribution in [-0.2, 0) is 16.0 Å². The second-order valence-electron chi connectivity index (χ2n) is 6.80. The lowest BCUT2D eigenvalue weighted by Gasteiger charge is -2.25. The molecule has 1 aliphatic rings. The maximum atomic E-state index is 12.7. The average Bonchev–Trinajstić information content (AvgIpc) is 3.32. The molecule has 0 spiro atoms. The summed E-state index contributed by atoms with van der Waals surface area (Å²) in [7, 11) is 2.49. The van der Waals surface area contributed by atoms with Crippen molar-refractivity contribution in [2.24, 2.45) is 0 Å². The Morgan fingerprint density at radius 1 is 1.10 bits per heavy atom. The smallest absolute Gasteiger partial charge is 0.348 e. The van der Waals surface area contributed by atoms with Gasteiger partial charge >= 0.3 is 11.9 Å². The number of nitrogens with one attached hydrogen (secondary N) is 1. The lowest BCUT2D eigenvalue weighted by atomic mass is 10.1.